The third-order valence-corrected chi connectivity index (χ3v) is 7.21. The number of imidazole rings is 1. The lowest BCUT2D eigenvalue weighted by Gasteiger charge is -2.08. The first-order chi connectivity index (χ1) is 15.6. The monoisotopic (exact) mass is 463 g/mol. The van der Waals surface area contributed by atoms with Crippen LogP contribution >= 0.6 is 23.1 Å². The van der Waals surface area contributed by atoms with Crippen molar-refractivity contribution in [1.82, 2.24) is 25.1 Å². The Bertz CT molecular complexity index is 1420. The molecule has 162 valence electrons. The van der Waals surface area contributed by atoms with Gasteiger partial charge in [-0.3, -0.25) is 4.79 Å². The molecule has 0 saturated heterocycles. The first kappa shape index (κ1) is 20.7. The zero-order valence-corrected chi connectivity index (χ0v) is 19.3. The van der Waals surface area contributed by atoms with Crippen LogP contribution in [0.2, 0.25) is 0 Å². The second-order valence-corrected chi connectivity index (χ2v) is 9.63. The lowest BCUT2D eigenvalue weighted by molar-refractivity contribution is 0.0923. The normalized spacial score (nSPS) is 11.4. The summed E-state index contributed by atoms with van der Waals surface area (Å²) in [6.07, 6.45) is 0. The molecule has 0 bridgehead atoms. The fourth-order valence-corrected chi connectivity index (χ4v) is 5.59. The van der Waals surface area contributed by atoms with Crippen molar-refractivity contribution in [3.05, 3.63) is 70.7 Å². The van der Waals surface area contributed by atoms with Gasteiger partial charge in [-0.25, -0.2) is 4.98 Å². The Morgan fingerprint density at radius 2 is 1.97 bits per heavy atom. The second-order valence-electron chi connectivity index (χ2n) is 7.23. The molecule has 0 aliphatic carbocycles. The molecule has 0 fully saturated rings. The minimum atomic E-state index is -0.250. The van der Waals surface area contributed by atoms with Gasteiger partial charge in [0.15, 0.2) is 10.1 Å². The smallest absolute Gasteiger partial charge is 0.287 e. The minimum absolute atomic E-state index is 0.250. The molecule has 5 rings (SSSR count). The van der Waals surface area contributed by atoms with Crippen molar-refractivity contribution in [3.8, 4) is 0 Å². The largest absolute Gasteiger partial charge is 0.451 e. The van der Waals surface area contributed by atoms with Gasteiger partial charge in [-0.1, -0.05) is 53.4 Å². The molecule has 32 heavy (non-hydrogen) atoms. The summed E-state index contributed by atoms with van der Waals surface area (Å²) in [5.41, 5.74) is 3.54. The Balaban J connectivity index is 1.41. The van der Waals surface area contributed by atoms with E-state index in [9.17, 15) is 4.79 Å². The van der Waals surface area contributed by atoms with E-state index in [-0.39, 0.29) is 5.91 Å². The van der Waals surface area contributed by atoms with Crippen LogP contribution in [0.15, 0.2) is 57.3 Å². The molecule has 1 N–H and O–H groups in total. The highest BCUT2D eigenvalue weighted by Crippen LogP contribution is 2.33. The molecule has 5 aromatic rings. The summed E-state index contributed by atoms with van der Waals surface area (Å²) < 4.78 is 8.96. The number of aromatic nitrogens is 4. The Kier molecular flexibility index (Phi) is 5.67. The summed E-state index contributed by atoms with van der Waals surface area (Å²) in [6.45, 7) is 5.10. The molecule has 9 heteroatoms. The van der Waals surface area contributed by atoms with Gasteiger partial charge in [0.05, 0.1) is 17.6 Å². The highest BCUT2D eigenvalue weighted by Gasteiger charge is 2.22. The van der Waals surface area contributed by atoms with Crippen molar-refractivity contribution in [1.29, 1.82) is 0 Å². The molecule has 0 aliphatic heterocycles. The first-order valence-corrected chi connectivity index (χ1v) is 12.1. The molecule has 0 spiro atoms. The van der Waals surface area contributed by atoms with Gasteiger partial charge in [-0.05, 0) is 32.0 Å². The summed E-state index contributed by atoms with van der Waals surface area (Å²) in [4.78, 5) is 17.9. The average Bonchev–Trinajstić information content (AvgIpc) is 3.50. The van der Waals surface area contributed by atoms with Crippen LogP contribution in [0.1, 0.15) is 33.9 Å². The van der Waals surface area contributed by atoms with Crippen LogP contribution in [-0.4, -0.2) is 25.7 Å². The van der Waals surface area contributed by atoms with Gasteiger partial charge < -0.3 is 14.3 Å². The molecular weight excluding hydrogens is 442 g/mol. The van der Waals surface area contributed by atoms with Crippen LogP contribution in [0.3, 0.4) is 0 Å². The number of para-hydroxylation sites is 3. The topological polar surface area (TPSA) is 85.8 Å². The zero-order chi connectivity index (χ0) is 22.1. The Morgan fingerprint density at radius 3 is 2.78 bits per heavy atom. The lowest BCUT2D eigenvalue weighted by atomic mass is 10.1. The summed E-state index contributed by atoms with van der Waals surface area (Å²) >= 11 is 3.10. The van der Waals surface area contributed by atoms with Gasteiger partial charge in [0.2, 0.25) is 0 Å². The third-order valence-electron chi connectivity index (χ3n) is 5.21. The van der Waals surface area contributed by atoms with E-state index in [0.717, 1.165) is 43.7 Å². The SMILES string of the molecule is CCn1c(CNC(=O)c2oc3ccccc3c2CSc2nnc(C)s2)nc2ccccc21. The van der Waals surface area contributed by atoms with Gasteiger partial charge in [0.1, 0.15) is 16.4 Å². The van der Waals surface area contributed by atoms with Crippen LogP contribution < -0.4 is 5.32 Å². The molecule has 1 amide bonds. The van der Waals surface area contributed by atoms with Crippen LogP contribution in [0.25, 0.3) is 22.0 Å². The van der Waals surface area contributed by atoms with E-state index >= 15 is 0 Å². The molecule has 0 atom stereocenters. The van der Waals surface area contributed by atoms with Gasteiger partial charge in [-0.15, -0.1) is 10.2 Å². The predicted molar refractivity (Wildman–Crippen MR) is 127 cm³/mol. The van der Waals surface area contributed by atoms with Crippen molar-refractivity contribution >= 4 is 51.0 Å². The fraction of sp³-hybridized carbons (Fsp3) is 0.217. The van der Waals surface area contributed by atoms with Crippen LogP contribution in [0, 0.1) is 6.92 Å². The fourth-order valence-electron chi connectivity index (χ4n) is 3.75. The van der Waals surface area contributed by atoms with E-state index in [2.05, 4.69) is 27.0 Å². The third kappa shape index (κ3) is 3.89. The summed E-state index contributed by atoms with van der Waals surface area (Å²) in [6, 6.07) is 15.7. The maximum atomic E-state index is 13.2. The highest BCUT2D eigenvalue weighted by atomic mass is 32.2. The first-order valence-electron chi connectivity index (χ1n) is 10.3. The molecule has 2 aromatic carbocycles. The number of hydrogen-bond donors (Lipinski definition) is 1. The molecular formula is C23H21N5O2S2. The van der Waals surface area contributed by atoms with E-state index in [4.69, 9.17) is 9.40 Å². The number of benzene rings is 2. The Labute approximate surface area is 192 Å². The molecule has 0 saturated carbocycles. The van der Waals surface area contributed by atoms with E-state index in [1.807, 2.05) is 55.5 Å². The van der Waals surface area contributed by atoms with Crippen LogP contribution in [-0.2, 0) is 18.8 Å². The van der Waals surface area contributed by atoms with Gasteiger partial charge >= 0.3 is 0 Å². The van der Waals surface area contributed by atoms with Crippen molar-refractivity contribution in [2.45, 2.75) is 37.0 Å². The van der Waals surface area contributed by atoms with E-state index in [0.29, 0.717) is 23.6 Å². The van der Waals surface area contributed by atoms with Gasteiger partial charge in [-0.2, -0.15) is 0 Å². The average molecular weight is 464 g/mol. The molecule has 0 aliphatic rings. The lowest BCUT2D eigenvalue weighted by Crippen LogP contribution is -2.25. The van der Waals surface area contributed by atoms with Crippen LogP contribution in [0.5, 0.6) is 0 Å². The number of nitrogens with zero attached hydrogens (tertiary/aromatic N) is 4. The standard InChI is InChI=1S/C23H21N5O2S2/c1-3-28-18-10-6-5-9-17(18)25-20(28)12-24-22(29)21-16(13-31-23-27-26-14(2)32-23)15-8-4-7-11-19(15)30-21/h4-11H,3,12-13H2,1-2H3,(H,24,29). The Morgan fingerprint density at radius 1 is 1.16 bits per heavy atom. The van der Waals surface area contributed by atoms with E-state index < -0.39 is 0 Å². The Hall–Kier alpha value is -3.17. The number of carbonyl (C=O) groups is 1. The van der Waals surface area contributed by atoms with Crippen LogP contribution in [0.4, 0.5) is 0 Å². The summed E-state index contributed by atoms with van der Waals surface area (Å²) in [5, 5.41) is 13.1. The van der Waals surface area contributed by atoms with E-state index in [1.54, 1.807) is 23.1 Å². The van der Waals surface area contributed by atoms with Gasteiger partial charge in [0, 0.05) is 23.2 Å². The molecule has 3 aromatic heterocycles. The van der Waals surface area contributed by atoms with Crippen molar-refractivity contribution < 1.29 is 9.21 Å². The molecule has 0 radical (unpaired) electrons. The maximum Gasteiger partial charge on any atom is 0.287 e. The second kappa shape index (κ2) is 8.76. The van der Waals surface area contributed by atoms with Crippen molar-refractivity contribution in [2.75, 3.05) is 0 Å². The van der Waals surface area contributed by atoms with Gasteiger partial charge in [0.25, 0.3) is 5.91 Å². The van der Waals surface area contributed by atoms with Crippen molar-refractivity contribution in [3.63, 3.8) is 0 Å². The molecule has 0 unspecified atom stereocenters. The number of thioether (sulfide) groups is 1. The number of hydrogen-bond acceptors (Lipinski definition) is 7. The highest BCUT2D eigenvalue weighted by molar-refractivity contribution is 8.00. The summed E-state index contributed by atoms with van der Waals surface area (Å²) in [5.74, 6) is 1.47. The van der Waals surface area contributed by atoms with E-state index in [1.165, 1.54) is 0 Å². The number of nitrogens with one attached hydrogen (secondary N) is 1. The minimum Gasteiger partial charge on any atom is -0.451 e. The maximum absolute atomic E-state index is 13.2. The number of aryl methyl sites for hydroxylation is 2. The number of furan rings is 1. The number of fused-ring (bicyclic) bond motifs is 2. The summed E-state index contributed by atoms with van der Waals surface area (Å²) in [7, 11) is 0. The van der Waals surface area contributed by atoms with Crippen molar-refractivity contribution in [2.24, 2.45) is 0 Å². The zero-order valence-electron chi connectivity index (χ0n) is 17.7. The number of amides is 1. The molecule has 3 heterocycles. The quantitative estimate of drug-likeness (QED) is 0.335. The number of carbonyl (C=O) groups excluding carboxylic acids is 1. The number of rotatable bonds is 7. The molecule has 7 nitrogen and oxygen atoms in total. The predicted octanol–water partition coefficient (Wildman–Crippen LogP) is 5.18.